The summed E-state index contributed by atoms with van der Waals surface area (Å²) in [7, 11) is 0. The van der Waals surface area contributed by atoms with Crippen molar-refractivity contribution in [1.82, 2.24) is 4.90 Å². The number of carbonyl (C=O) groups excluding carboxylic acids is 1. The standard InChI is InChI=1S/C16H20N2O2/c1-3-13-7-4-8-14(10-13)17-16(20)18-9-5-6-12(2)15(18)11-19/h1,4,7-8,10,12,15,19H,5-6,9,11H2,2H3,(H,17,20). The van der Waals surface area contributed by atoms with Crippen LogP contribution in [0.3, 0.4) is 0 Å². The van der Waals surface area contributed by atoms with Crippen LogP contribution in [0.25, 0.3) is 0 Å². The van der Waals surface area contributed by atoms with Gasteiger partial charge in [0.1, 0.15) is 0 Å². The monoisotopic (exact) mass is 272 g/mol. The zero-order valence-electron chi connectivity index (χ0n) is 11.7. The van der Waals surface area contributed by atoms with E-state index in [1.165, 1.54) is 0 Å². The molecule has 0 bridgehead atoms. The van der Waals surface area contributed by atoms with E-state index in [0.717, 1.165) is 18.4 Å². The molecule has 0 aromatic heterocycles. The highest BCUT2D eigenvalue weighted by Gasteiger charge is 2.31. The van der Waals surface area contributed by atoms with Gasteiger partial charge in [-0.15, -0.1) is 6.42 Å². The molecule has 2 unspecified atom stereocenters. The molecule has 2 amide bonds. The van der Waals surface area contributed by atoms with Gasteiger partial charge >= 0.3 is 6.03 Å². The smallest absolute Gasteiger partial charge is 0.322 e. The Bertz CT molecular complexity index is 521. The number of terminal acetylenes is 1. The number of hydrogen-bond acceptors (Lipinski definition) is 2. The molecule has 1 aliphatic heterocycles. The van der Waals surface area contributed by atoms with E-state index in [4.69, 9.17) is 6.42 Å². The predicted octanol–water partition coefficient (Wildman–Crippen LogP) is 2.29. The molecule has 2 atom stereocenters. The van der Waals surface area contributed by atoms with Crippen molar-refractivity contribution in [2.24, 2.45) is 5.92 Å². The average molecular weight is 272 g/mol. The number of hydrogen-bond donors (Lipinski definition) is 2. The summed E-state index contributed by atoms with van der Waals surface area (Å²) in [5, 5.41) is 12.3. The lowest BCUT2D eigenvalue weighted by molar-refractivity contribution is 0.0811. The van der Waals surface area contributed by atoms with Crippen molar-refractivity contribution in [2.75, 3.05) is 18.5 Å². The van der Waals surface area contributed by atoms with E-state index in [-0.39, 0.29) is 18.7 Å². The summed E-state index contributed by atoms with van der Waals surface area (Å²) in [6, 6.07) is 6.91. The molecule has 0 saturated carbocycles. The van der Waals surface area contributed by atoms with Gasteiger partial charge in [-0.2, -0.15) is 0 Å². The second-order valence-electron chi connectivity index (χ2n) is 5.22. The van der Waals surface area contributed by atoms with Gasteiger partial charge in [0.15, 0.2) is 0 Å². The number of piperidine rings is 1. The molecule has 0 radical (unpaired) electrons. The van der Waals surface area contributed by atoms with E-state index in [0.29, 0.717) is 18.2 Å². The molecular weight excluding hydrogens is 252 g/mol. The molecule has 106 valence electrons. The van der Waals surface area contributed by atoms with Gasteiger partial charge in [-0.25, -0.2) is 4.79 Å². The van der Waals surface area contributed by atoms with Gasteiger partial charge in [0.2, 0.25) is 0 Å². The van der Waals surface area contributed by atoms with Crippen LogP contribution in [0.15, 0.2) is 24.3 Å². The summed E-state index contributed by atoms with van der Waals surface area (Å²) in [6.07, 6.45) is 7.36. The Hall–Kier alpha value is -1.99. The Morgan fingerprint density at radius 2 is 2.40 bits per heavy atom. The van der Waals surface area contributed by atoms with Gasteiger partial charge in [-0.3, -0.25) is 0 Å². The van der Waals surface area contributed by atoms with Crippen LogP contribution in [0.2, 0.25) is 0 Å². The van der Waals surface area contributed by atoms with Gasteiger partial charge in [0.25, 0.3) is 0 Å². The Morgan fingerprint density at radius 3 is 3.10 bits per heavy atom. The topological polar surface area (TPSA) is 52.6 Å². The number of nitrogens with zero attached hydrogens (tertiary/aromatic N) is 1. The summed E-state index contributed by atoms with van der Waals surface area (Å²) >= 11 is 0. The number of aliphatic hydroxyl groups excluding tert-OH is 1. The van der Waals surface area contributed by atoms with Gasteiger partial charge in [-0.1, -0.05) is 18.9 Å². The number of urea groups is 1. The second-order valence-corrected chi connectivity index (χ2v) is 5.22. The highest BCUT2D eigenvalue weighted by atomic mass is 16.3. The van der Waals surface area contributed by atoms with Crippen LogP contribution >= 0.6 is 0 Å². The third kappa shape index (κ3) is 3.12. The van der Waals surface area contributed by atoms with Crippen molar-refractivity contribution in [3.8, 4) is 12.3 Å². The number of rotatable bonds is 2. The quantitative estimate of drug-likeness (QED) is 0.812. The van der Waals surface area contributed by atoms with Gasteiger partial charge < -0.3 is 15.3 Å². The molecule has 2 rings (SSSR count). The molecule has 1 aromatic rings. The molecule has 1 aliphatic rings. The number of aliphatic hydroxyl groups is 1. The number of amides is 2. The minimum atomic E-state index is -0.176. The first-order valence-electron chi connectivity index (χ1n) is 6.91. The SMILES string of the molecule is C#Cc1cccc(NC(=O)N2CCCC(C)C2CO)c1. The van der Waals surface area contributed by atoms with Crippen molar-refractivity contribution >= 4 is 11.7 Å². The lowest BCUT2D eigenvalue weighted by Gasteiger charge is -2.38. The molecular formula is C16H20N2O2. The van der Waals surface area contributed by atoms with E-state index in [1.807, 2.05) is 12.1 Å². The maximum absolute atomic E-state index is 12.3. The number of likely N-dealkylation sites (tertiary alicyclic amines) is 1. The maximum atomic E-state index is 12.3. The summed E-state index contributed by atoms with van der Waals surface area (Å²) in [6.45, 7) is 2.74. The van der Waals surface area contributed by atoms with Crippen molar-refractivity contribution in [1.29, 1.82) is 0 Å². The number of carbonyl (C=O) groups is 1. The maximum Gasteiger partial charge on any atom is 0.322 e. The van der Waals surface area contributed by atoms with E-state index in [1.54, 1.807) is 17.0 Å². The van der Waals surface area contributed by atoms with Gasteiger partial charge in [0, 0.05) is 17.8 Å². The molecule has 1 aromatic carbocycles. The molecule has 0 aliphatic carbocycles. The fourth-order valence-electron chi connectivity index (χ4n) is 2.66. The predicted molar refractivity (Wildman–Crippen MR) is 79.4 cm³/mol. The largest absolute Gasteiger partial charge is 0.394 e. The number of benzene rings is 1. The summed E-state index contributed by atoms with van der Waals surface area (Å²) in [5.74, 6) is 2.86. The van der Waals surface area contributed by atoms with E-state index in [2.05, 4.69) is 18.2 Å². The van der Waals surface area contributed by atoms with Crippen LogP contribution in [-0.4, -0.2) is 35.2 Å². The van der Waals surface area contributed by atoms with Crippen molar-refractivity contribution < 1.29 is 9.90 Å². The van der Waals surface area contributed by atoms with E-state index in [9.17, 15) is 9.90 Å². The third-order valence-corrected chi connectivity index (χ3v) is 3.84. The van der Waals surface area contributed by atoms with Crippen LogP contribution in [0.4, 0.5) is 10.5 Å². The van der Waals surface area contributed by atoms with Crippen LogP contribution < -0.4 is 5.32 Å². The fraction of sp³-hybridized carbons (Fsp3) is 0.438. The summed E-state index contributed by atoms with van der Waals surface area (Å²) in [4.78, 5) is 14.1. The molecule has 20 heavy (non-hydrogen) atoms. The van der Waals surface area contributed by atoms with Crippen LogP contribution in [0.5, 0.6) is 0 Å². The Labute approximate surface area is 119 Å². The number of nitrogens with one attached hydrogen (secondary N) is 1. The summed E-state index contributed by atoms with van der Waals surface area (Å²) in [5.41, 5.74) is 1.41. The zero-order valence-corrected chi connectivity index (χ0v) is 11.7. The molecule has 4 heteroatoms. The minimum Gasteiger partial charge on any atom is -0.394 e. The van der Waals surface area contributed by atoms with Crippen molar-refractivity contribution in [2.45, 2.75) is 25.8 Å². The molecule has 0 spiro atoms. The van der Waals surface area contributed by atoms with Crippen molar-refractivity contribution in [3.63, 3.8) is 0 Å². The normalized spacial score (nSPS) is 22.1. The van der Waals surface area contributed by atoms with Crippen LogP contribution in [0, 0.1) is 18.3 Å². The third-order valence-electron chi connectivity index (χ3n) is 3.84. The fourth-order valence-corrected chi connectivity index (χ4v) is 2.66. The lowest BCUT2D eigenvalue weighted by Crippen LogP contribution is -2.51. The van der Waals surface area contributed by atoms with Gasteiger partial charge in [0.05, 0.1) is 12.6 Å². The minimum absolute atomic E-state index is 0.00101. The number of anilines is 1. The average Bonchev–Trinajstić information content (AvgIpc) is 2.47. The first-order valence-corrected chi connectivity index (χ1v) is 6.91. The van der Waals surface area contributed by atoms with E-state index >= 15 is 0 Å². The summed E-state index contributed by atoms with van der Waals surface area (Å²) < 4.78 is 0. The van der Waals surface area contributed by atoms with E-state index < -0.39 is 0 Å². The highest BCUT2D eigenvalue weighted by Crippen LogP contribution is 2.23. The second kappa shape index (κ2) is 6.44. The molecule has 1 heterocycles. The molecule has 2 N–H and O–H groups in total. The molecule has 1 saturated heterocycles. The first kappa shape index (κ1) is 14.4. The zero-order chi connectivity index (χ0) is 14.5. The Balaban J connectivity index is 2.08. The van der Waals surface area contributed by atoms with Crippen molar-refractivity contribution in [3.05, 3.63) is 29.8 Å². The van der Waals surface area contributed by atoms with Gasteiger partial charge in [-0.05, 0) is 37.0 Å². The van der Waals surface area contributed by atoms with Crippen LogP contribution in [-0.2, 0) is 0 Å². The van der Waals surface area contributed by atoms with Crippen LogP contribution in [0.1, 0.15) is 25.3 Å². The lowest BCUT2D eigenvalue weighted by atomic mass is 9.91. The molecule has 4 nitrogen and oxygen atoms in total. The highest BCUT2D eigenvalue weighted by molar-refractivity contribution is 5.89. The Morgan fingerprint density at radius 1 is 1.60 bits per heavy atom. The first-order chi connectivity index (χ1) is 9.65. The Kier molecular flexibility index (Phi) is 4.65. The molecule has 1 fully saturated rings.